The monoisotopic (exact) mass is 626 g/mol. The fourth-order valence-corrected chi connectivity index (χ4v) is 5.94. The Balaban J connectivity index is 0.000000892. The fourth-order valence-electron chi connectivity index (χ4n) is 5.94. The Kier molecular flexibility index (Phi) is 10.3. The normalized spacial score (nSPS) is 14.0. The Hall–Kier alpha value is -4.99. The number of rotatable bonds is 7. The fraction of sp³-hybridized carbons (Fsp3) is 0.361. The molecule has 3 aromatic heterocycles. The number of carboxylic acid groups (broad SMARTS) is 2. The van der Waals surface area contributed by atoms with Crippen LogP contribution in [0.15, 0.2) is 24.8 Å². The Labute approximate surface area is 268 Å². The molecule has 0 radical (unpaired) electrons. The number of hydrogen-bond donors (Lipinski definition) is 4. The molecule has 3 aromatic rings. The average Bonchev–Trinajstić information content (AvgIpc) is 3.70. The number of H-pyrrole nitrogens is 2. The first-order valence-electron chi connectivity index (χ1n) is 15.5. The van der Waals surface area contributed by atoms with Crippen molar-refractivity contribution in [3.8, 4) is 0 Å². The van der Waals surface area contributed by atoms with Gasteiger partial charge >= 0.3 is 17.9 Å². The van der Waals surface area contributed by atoms with Crippen molar-refractivity contribution in [3.63, 3.8) is 0 Å². The minimum atomic E-state index is -1.09. The van der Waals surface area contributed by atoms with E-state index in [1.165, 1.54) is 0 Å². The van der Waals surface area contributed by atoms with Crippen LogP contribution in [0.4, 0.5) is 0 Å². The Morgan fingerprint density at radius 1 is 0.957 bits per heavy atom. The summed E-state index contributed by atoms with van der Waals surface area (Å²) < 4.78 is 5.28. The smallest absolute Gasteiger partial charge is 0.338 e. The molecule has 46 heavy (non-hydrogen) atoms. The van der Waals surface area contributed by atoms with E-state index in [9.17, 15) is 19.5 Å². The maximum Gasteiger partial charge on any atom is 0.338 e. The molecule has 1 unspecified atom stereocenters. The second-order valence-corrected chi connectivity index (χ2v) is 11.5. The summed E-state index contributed by atoms with van der Waals surface area (Å²) >= 11 is 0. The lowest BCUT2D eigenvalue weighted by atomic mass is 9.97. The lowest BCUT2D eigenvalue weighted by Gasteiger charge is -2.08. The lowest BCUT2D eigenvalue weighted by Crippen LogP contribution is -2.12. The van der Waals surface area contributed by atoms with Crippen LogP contribution in [-0.4, -0.2) is 54.7 Å². The molecule has 0 aromatic carbocycles. The summed E-state index contributed by atoms with van der Waals surface area (Å²) in [4.78, 5) is 51.7. The zero-order valence-corrected chi connectivity index (χ0v) is 27.6. The van der Waals surface area contributed by atoms with Crippen molar-refractivity contribution in [1.82, 2.24) is 19.9 Å². The maximum absolute atomic E-state index is 12.8. The summed E-state index contributed by atoms with van der Waals surface area (Å²) in [7, 11) is 0. The van der Waals surface area contributed by atoms with E-state index in [2.05, 4.69) is 50.3 Å². The molecular formula is C36H42N4O6. The molecular weight excluding hydrogens is 584 g/mol. The molecule has 0 saturated heterocycles. The first-order chi connectivity index (χ1) is 21.8. The second kappa shape index (κ2) is 14.0. The highest BCUT2D eigenvalue weighted by Crippen LogP contribution is 2.36. The molecule has 0 aliphatic carbocycles. The number of nitrogens with zero attached hydrogens (tertiary/aromatic N) is 2. The van der Waals surface area contributed by atoms with Gasteiger partial charge in [0.1, 0.15) is 0 Å². The number of carbonyl (C=O) groups is 3. The van der Waals surface area contributed by atoms with Gasteiger partial charge in [-0.3, -0.25) is 14.6 Å². The van der Waals surface area contributed by atoms with E-state index < -0.39 is 17.9 Å². The third kappa shape index (κ3) is 6.66. The van der Waals surface area contributed by atoms with Gasteiger partial charge in [0.2, 0.25) is 0 Å². The van der Waals surface area contributed by atoms with Crippen molar-refractivity contribution in [1.29, 1.82) is 0 Å². The number of aryl methyl sites for hydroxylation is 3. The molecule has 2 aliphatic heterocycles. The second-order valence-electron chi connectivity index (χ2n) is 11.5. The summed E-state index contributed by atoms with van der Waals surface area (Å²) in [6.45, 7) is 17.7. The van der Waals surface area contributed by atoms with Gasteiger partial charge in [-0.05, 0) is 81.0 Å². The number of fused-ring (bicyclic) bond motifs is 8. The van der Waals surface area contributed by atoms with Crippen LogP contribution in [0.5, 0.6) is 0 Å². The first kappa shape index (κ1) is 33.9. The number of aliphatic carboxylic acids is 2. The van der Waals surface area contributed by atoms with Gasteiger partial charge in [0.15, 0.2) is 0 Å². The summed E-state index contributed by atoms with van der Waals surface area (Å²) in [5.41, 5.74) is 11.5. The molecule has 5 heterocycles. The van der Waals surface area contributed by atoms with E-state index in [1.54, 1.807) is 20.8 Å². The Bertz CT molecular complexity index is 1930. The molecule has 0 fully saturated rings. The van der Waals surface area contributed by atoms with E-state index in [0.29, 0.717) is 28.9 Å². The van der Waals surface area contributed by atoms with Gasteiger partial charge in [-0.15, -0.1) is 0 Å². The number of hydrogen-bond acceptors (Lipinski definition) is 6. The van der Waals surface area contributed by atoms with Crippen molar-refractivity contribution in [2.75, 3.05) is 6.61 Å². The van der Waals surface area contributed by atoms with Crippen LogP contribution in [0.3, 0.4) is 0 Å². The quantitative estimate of drug-likeness (QED) is 0.202. The van der Waals surface area contributed by atoms with Gasteiger partial charge in [0, 0.05) is 56.9 Å². The van der Waals surface area contributed by atoms with Crippen LogP contribution in [0.25, 0.3) is 39.3 Å². The van der Waals surface area contributed by atoms with E-state index in [4.69, 9.17) is 19.8 Å². The zero-order chi connectivity index (χ0) is 33.9. The third-order valence-corrected chi connectivity index (χ3v) is 8.51. The van der Waals surface area contributed by atoms with Crippen LogP contribution < -0.4 is 0 Å². The maximum atomic E-state index is 12.8. The van der Waals surface area contributed by atoms with Crippen molar-refractivity contribution in [2.24, 2.45) is 0 Å². The Morgan fingerprint density at radius 2 is 1.61 bits per heavy atom. The Morgan fingerprint density at radius 3 is 2.20 bits per heavy atom. The molecule has 10 nitrogen and oxygen atoms in total. The van der Waals surface area contributed by atoms with Gasteiger partial charge in [-0.1, -0.05) is 33.4 Å². The number of aromatic nitrogens is 4. The van der Waals surface area contributed by atoms with Crippen LogP contribution in [0.2, 0.25) is 0 Å². The molecule has 0 saturated carbocycles. The molecule has 2 aliphatic rings. The number of carboxylic acids is 2. The highest BCUT2D eigenvalue weighted by molar-refractivity contribution is 6.24. The highest BCUT2D eigenvalue weighted by atomic mass is 16.5. The summed E-state index contributed by atoms with van der Waals surface area (Å²) in [6.07, 6.45) is 3.31. The number of carbonyl (C=O) groups excluding carboxylic acids is 1. The highest BCUT2D eigenvalue weighted by Gasteiger charge is 2.30. The molecule has 4 N–H and O–H groups in total. The summed E-state index contributed by atoms with van der Waals surface area (Å²) in [6, 6.07) is 6.05. The molecule has 0 spiro atoms. The predicted octanol–water partition coefficient (Wildman–Crippen LogP) is 7.09. The zero-order valence-electron chi connectivity index (χ0n) is 27.6. The van der Waals surface area contributed by atoms with Crippen molar-refractivity contribution in [3.05, 3.63) is 75.4 Å². The lowest BCUT2D eigenvalue weighted by molar-refractivity contribution is -0.142. The van der Waals surface area contributed by atoms with Crippen LogP contribution in [0.1, 0.15) is 97.6 Å². The van der Waals surface area contributed by atoms with Crippen molar-refractivity contribution < 1.29 is 29.3 Å². The minimum absolute atomic E-state index is 0.0514. The van der Waals surface area contributed by atoms with Gasteiger partial charge in [0.25, 0.3) is 0 Å². The van der Waals surface area contributed by atoms with Gasteiger partial charge in [-0.25, -0.2) is 9.78 Å². The number of aromatic amines is 2. The molecule has 8 bridgehead atoms. The van der Waals surface area contributed by atoms with Crippen molar-refractivity contribution >= 4 is 57.2 Å². The SMILES string of the molecule is C=Cc1c(C)c2cc3nc(c(CC(=O)OCC)c4nc(cc5[nH]c(cc1[nH]2)c(C)c5CC)C(C)=C4C(=O)O)CC3C.CCC(=O)O. The van der Waals surface area contributed by atoms with Crippen LogP contribution in [0, 0.1) is 13.8 Å². The van der Waals surface area contributed by atoms with Crippen LogP contribution >= 0.6 is 0 Å². The molecule has 242 valence electrons. The van der Waals surface area contributed by atoms with Crippen LogP contribution in [-0.2, 0) is 38.4 Å². The third-order valence-electron chi connectivity index (χ3n) is 8.51. The standard InChI is InChI=1S/C33H36N4O4.C3H6O2/c1-8-20-17(5)24-13-23-16(4)11-27(34-23)22(12-30(38)41-10-3)32-31(33(39)40)19(7)26(37-32)15-29-21(9-2)18(6)25(36-29)14-28(20)35-24;1-2-3(4)5/h8,13-16,35-36H,1,9-12H2,2-7H3,(H,39,40);2H2,1H3,(H,4,5). The molecule has 5 rings (SSSR count). The summed E-state index contributed by atoms with van der Waals surface area (Å²) in [5, 5.41) is 18.0. The predicted molar refractivity (Wildman–Crippen MR) is 180 cm³/mol. The summed E-state index contributed by atoms with van der Waals surface area (Å²) in [5.74, 6) is -2.23. The number of allylic oxidation sites excluding steroid dienone is 1. The first-order valence-corrected chi connectivity index (χ1v) is 15.5. The van der Waals surface area contributed by atoms with E-state index in [0.717, 1.165) is 56.4 Å². The topological polar surface area (TPSA) is 158 Å². The largest absolute Gasteiger partial charge is 0.481 e. The number of ether oxygens (including phenoxy) is 1. The van der Waals surface area contributed by atoms with Gasteiger partial charge in [-0.2, -0.15) is 0 Å². The van der Waals surface area contributed by atoms with E-state index in [-0.39, 0.29) is 36.6 Å². The van der Waals surface area contributed by atoms with E-state index in [1.807, 2.05) is 18.2 Å². The molecule has 1 atom stereocenters. The van der Waals surface area contributed by atoms with Gasteiger partial charge < -0.3 is 24.9 Å². The minimum Gasteiger partial charge on any atom is -0.481 e. The van der Waals surface area contributed by atoms with E-state index >= 15 is 0 Å². The average molecular weight is 627 g/mol. The van der Waals surface area contributed by atoms with Gasteiger partial charge in [0.05, 0.1) is 30.0 Å². The molecule has 0 amide bonds. The number of esters is 1. The number of nitrogens with one attached hydrogen (secondary N) is 2. The van der Waals surface area contributed by atoms with Crippen molar-refractivity contribution in [2.45, 2.75) is 80.1 Å². The molecule has 10 heteroatoms.